The Morgan fingerprint density at radius 2 is 1.29 bits per heavy atom. The predicted octanol–water partition coefficient (Wildman–Crippen LogP) is 4.50. The molecule has 2 N–H and O–H groups in total. The van der Waals surface area contributed by atoms with E-state index in [9.17, 15) is 4.79 Å². The molecule has 1 heterocycles. The lowest BCUT2D eigenvalue weighted by Crippen LogP contribution is -2.67. The SMILES string of the molecule is COC(=O)C1(NC(c2ccccc2)(c2ccccc2)c2ccccc2)C=C(C)C=CN1. The monoisotopic (exact) mass is 410 g/mol. The van der Waals surface area contributed by atoms with Crippen LogP contribution >= 0.6 is 0 Å². The summed E-state index contributed by atoms with van der Waals surface area (Å²) < 4.78 is 5.25. The number of esters is 1. The van der Waals surface area contributed by atoms with Crippen LogP contribution in [0.15, 0.2) is 115 Å². The van der Waals surface area contributed by atoms with Crippen molar-refractivity contribution in [1.82, 2.24) is 10.6 Å². The van der Waals surface area contributed by atoms with Crippen molar-refractivity contribution in [2.24, 2.45) is 0 Å². The van der Waals surface area contributed by atoms with E-state index in [-0.39, 0.29) is 0 Å². The molecule has 0 aliphatic carbocycles. The van der Waals surface area contributed by atoms with Gasteiger partial charge >= 0.3 is 5.97 Å². The standard InChI is InChI=1S/C27H26N2O2/c1-21-18-19-28-26(20-21,25(30)31-2)29-27(22-12-6-3-7-13-22,23-14-8-4-9-15-23)24-16-10-5-11-17-24/h3-20,28-29H,1-2H3. The minimum Gasteiger partial charge on any atom is -0.466 e. The van der Waals surface area contributed by atoms with Gasteiger partial charge < -0.3 is 10.1 Å². The molecule has 0 bridgehead atoms. The lowest BCUT2D eigenvalue weighted by Gasteiger charge is -2.44. The minimum atomic E-state index is -1.25. The lowest BCUT2D eigenvalue weighted by atomic mass is 9.75. The highest BCUT2D eigenvalue weighted by Gasteiger charge is 2.48. The van der Waals surface area contributed by atoms with Gasteiger partial charge in [-0.25, -0.2) is 4.79 Å². The van der Waals surface area contributed by atoms with Crippen molar-refractivity contribution < 1.29 is 9.53 Å². The fourth-order valence-corrected chi connectivity index (χ4v) is 4.21. The maximum Gasteiger partial charge on any atom is 0.351 e. The first-order valence-corrected chi connectivity index (χ1v) is 10.3. The zero-order valence-electron chi connectivity index (χ0n) is 17.7. The van der Waals surface area contributed by atoms with Crippen LogP contribution in [0.25, 0.3) is 0 Å². The molecule has 0 aromatic heterocycles. The highest BCUT2D eigenvalue weighted by molar-refractivity contribution is 5.84. The molecule has 0 saturated carbocycles. The number of hydrogen-bond donors (Lipinski definition) is 2. The van der Waals surface area contributed by atoms with Crippen LogP contribution in [-0.4, -0.2) is 18.7 Å². The van der Waals surface area contributed by atoms with Crippen molar-refractivity contribution >= 4 is 5.97 Å². The summed E-state index contributed by atoms with van der Waals surface area (Å²) in [7, 11) is 1.41. The van der Waals surface area contributed by atoms with Gasteiger partial charge in [-0.3, -0.25) is 5.32 Å². The molecule has 1 aliphatic rings. The van der Waals surface area contributed by atoms with Gasteiger partial charge in [0.15, 0.2) is 0 Å². The van der Waals surface area contributed by atoms with Crippen molar-refractivity contribution in [3.63, 3.8) is 0 Å². The average molecular weight is 411 g/mol. The van der Waals surface area contributed by atoms with Gasteiger partial charge in [0.2, 0.25) is 5.66 Å². The number of hydrogen-bond acceptors (Lipinski definition) is 4. The molecule has 0 fully saturated rings. The Balaban J connectivity index is 2.03. The molecule has 31 heavy (non-hydrogen) atoms. The van der Waals surface area contributed by atoms with Crippen LogP contribution in [0, 0.1) is 0 Å². The van der Waals surface area contributed by atoms with E-state index < -0.39 is 17.2 Å². The molecule has 0 saturated heterocycles. The number of carbonyl (C=O) groups excluding carboxylic acids is 1. The number of carbonyl (C=O) groups is 1. The molecule has 1 unspecified atom stereocenters. The van der Waals surface area contributed by atoms with Crippen LogP contribution in [0.2, 0.25) is 0 Å². The molecule has 0 amide bonds. The van der Waals surface area contributed by atoms with Crippen molar-refractivity contribution in [1.29, 1.82) is 0 Å². The molecule has 4 rings (SSSR count). The van der Waals surface area contributed by atoms with Gasteiger partial charge in [-0.2, -0.15) is 0 Å². The van der Waals surface area contributed by atoms with Crippen LogP contribution in [0.3, 0.4) is 0 Å². The van der Waals surface area contributed by atoms with Gasteiger partial charge in [0, 0.05) is 0 Å². The second kappa shape index (κ2) is 8.62. The first kappa shape index (κ1) is 20.6. The van der Waals surface area contributed by atoms with Gasteiger partial charge in [-0.05, 0) is 47.5 Å². The third kappa shape index (κ3) is 3.78. The van der Waals surface area contributed by atoms with E-state index in [1.165, 1.54) is 7.11 Å². The third-order valence-corrected chi connectivity index (χ3v) is 5.61. The smallest absolute Gasteiger partial charge is 0.351 e. The van der Waals surface area contributed by atoms with Crippen LogP contribution in [0.4, 0.5) is 0 Å². The van der Waals surface area contributed by atoms with Crippen molar-refractivity contribution in [3.05, 3.63) is 132 Å². The Kier molecular flexibility index (Phi) is 5.74. The Morgan fingerprint density at radius 1 is 0.839 bits per heavy atom. The predicted molar refractivity (Wildman–Crippen MR) is 123 cm³/mol. The molecule has 3 aromatic rings. The lowest BCUT2D eigenvalue weighted by molar-refractivity contribution is -0.148. The Bertz CT molecular complexity index is 995. The molecule has 0 spiro atoms. The maximum absolute atomic E-state index is 13.2. The summed E-state index contributed by atoms with van der Waals surface area (Å²) in [4.78, 5) is 13.2. The first-order chi connectivity index (χ1) is 15.1. The molecular formula is C27H26N2O2. The van der Waals surface area contributed by atoms with Crippen molar-refractivity contribution in [2.45, 2.75) is 18.1 Å². The van der Waals surface area contributed by atoms with Gasteiger partial charge in [0.25, 0.3) is 0 Å². The number of rotatable bonds is 6. The summed E-state index contributed by atoms with van der Waals surface area (Å²) in [6.07, 6.45) is 5.59. The molecule has 0 radical (unpaired) electrons. The van der Waals surface area contributed by atoms with E-state index in [0.29, 0.717) is 0 Å². The number of dihydropyridines is 1. The summed E-state index contributed by atoms with van der Waals surface area (Å²) in [5, 5.41) is 6.94. The zero-order valence-corrected chi connectivity index (χ0v) is 17.7. The Labute approximate surface area is 183 Å². The minimum absolute atomic E-state index is 0.414. The van der Waals surface area contributed by atoms with E-state index >= 15 is 0 Å². The largest absolute Gasteiger partial charge is 0.466 e. The highest BCUT2D eigenvalue weighted by Crippen LogP contribution is 2.39. The number of ether oxygens (including phenoxy) is 1. The molecule has 4 heteroatoms. The molecule has 1 aliphatic heterocycles. The second-order valence-corrected chi connectivity index (χ2v) is 7.64. The van der Waals surface area contributed by atoms with E-state index in [1.807, 2.05) is 73.7 Å². The summed E-state index contributed by atoms with van der Waals surface area (Å²) in [6, 6.07) is 30.5. The topological polar surface area (TPSA) is 50.4 Å². The van der Waals surface area contributed by atoms with Crippen LogP contribution in [-0.2, 0) is 15.1 Å². The summed E-state index contributed by atoms with van der Waals surface area (Å²) in [5.74, 6) is -0.414. The molecule has 4 nitrogen and oxygen atoms in total. The fourth-order valence-electron chi connectivity index (χ4n) is 4.21. The van der Waals surface area contributed by atoms with Crippen LogP contribution in [0.5, 0.6) is 0 Å². The van der Waals surface area contributed by atoms with Gasteiger partial charge in [-0.15, -0.1) is 0 Å². The summed E-state index contributed by atoms with van der Waals surface area (Å²) >= 11 is 0. The molecule has 156 valence electrons. The van der Waals surface area contributed by atoms with Crippen molar-refractivity contribution in [2.75, 3.05) is 7.11 Å². The maximum atomic E-state index is 13.2. The van der Waals surface area contributed by atoms with Gasteiger partial charge in [0.05, 0.1) is 12.6 Å². The number of nitrogens with one attached hydrogen (secondary N) is 2. The fraction of sp³-hybridized carbons (Fsp3) is 0.148. The average Bonchev–Trinajstić information content (AvgIpc) is 2.84. The summed E-state index contributed by atoms with van der Waals surface area (Å²) in [5.41, 5.74) is 1.91. The molecular weight excluding hydrogens is 384 g/mol. The third-order valence-electron chi connectivity index (χ3n) is 5.61. The van der Waals surface area contributed by atoms with E-state index in [4.69, 9.17) is 4.74 Å². The van der Waals surface area contributed by atoms with E-state index in [1.54, 1.807) is 6.20 Å². The van der Waals surface area contributed by atoms with E-state index in [2.05, 4.69) is 47.0 Å². The molecule has 1 atom stereocenters. The second-order valence-electron chi connectivity index (χ2n) is 7.64. The normalized spacial score (nSPS) is 18.1. The summed E-state index contributed by atoms with van der Waals surface area (Å²) in [6.45, 7) is 1.96. The van der Waals surface area contributed by atoms with Crippen molar-refractivity contribution in [3.8, 4) is 0 Å². The van der Waals surface area contributed by atoms with Gasteiger partial charge in [-0.1, -0.05) is 91.0 Å². The van der Waals surface area contributed by atoms with Crippen LogP contribution in [0.1, 0.15) is 23.6 Å². The number of allylic oxidation sites excluding steroid dienone is 2. The first-order valence-electron chi connectivity index (χ1n) is 10.3. The zero-order chi connectivity index (χ0) is 21.7. The van der Waals surface area contributed by atoms with Crippen LogP contribution < -0.4 is 10.6 Å². The van der Waals surface area contributed by atoms with E-state index in [0.717, 1.165) is 22.3 Å². The molecule has 3 aromatic carbocycles. The Morgan fingerprint density at radius 3 is 1.68 bits per heavy atom. The number of methoxy groups -OCH3 is 1. The van der Waals surface area contributed by atoms with Gasteiger partial charge in [0.1, 0.15) is 0 Å². The Hall–Kier alpha value is -3.63. The number of benzene rings is 3. The highest BCUT2D eigenvalue weighted by atomic mass is 16.5. The quantitative estimate of drug-likeness (QED) is 0.464.